The molecule has 0 spiro atoms. The van der Waals surface area contributed by atoms with Gasteiger partial charge in [-0.05, 0) is 36.9 Å². The van der Waals surface area contributed by atoms with E-state index in [2.05, 4.69) is 0 Å². The smallest absolute Gasteiger partial charge is 0.417 e. The molecule has 0 aliphatic rings. The fourth-order valence-corrected chi connectivity index (χ4v) is 4.73. The minimum absolute atomic E-state index is 0.0731. The van der Waals surface area contributed by atoms with Crippen LogP contribution in [0.5, 0.6) is 5.75 Å². The molecule has 0 N–H and O–H groups in total. The summed E-state index contributed by atoms with van der Waals surface area (Å²) < 4.78 is 35.8. The van der Waals surface area contributed by atoms with E-state index >= 15 is 0 Å². The molecule has 1 atom stereocenters. The molecule has 0 saturated heterocycles. The standard InChI is InChI=1S/C11H15ClFO3PS/c1-3-7-18-17(14,15-4-2)16-9-5-6-11(13)10(12)8-9/h5-6,8H,3-4,7H2,1-2H3. The molecular weight excluding hydrogens is 298 g/mol. The summed E-state index contributed by atoms with van der Waals surface area (Å²) in [5.74, 6) is 0.352. The number of benzene rings is 1. The molecule has 7 heteroatoms. The fraction of sp³-hybridized carbons (Fsp3) is 0.455. The van der Waals surface area contributed by atoms with Crippen LogP contribution in [0.25, 0.3) is 0 Å². The van der Waals surface area contributed by atoms with E-state index in [1.807, 2.05) is 6.92 Å². The van der Waals surface area contributed by atoms with E-state index in [0.29, 0.717) is 5.75 Å². The lowest BCUT2D eigenvalue weighted by Gasteiger charge is -2.17. The van der Waals surface area contributed by atoms with Gasteiger partial charge in [0.25, 0.3) is 0 Å². The summed E-state index contributed by atoms with van der Waals surface area (Å²) in [5.41, 5.74) is 0. The van der Waals surface area contributed by atoms with Crippen LogP contribution in [0.2, 0.25) is 5.02 Å². The second-order valence-electron chi connectivity index (χ2n) is 3.37. The fourth-order valence-electron chi connectivity index (χ4n) is 1.11. The van der Waals surface area contributed by atoms with Gasteiger partial charge in [0.05, 0.1) is 11.6 Å². The molecule has 0 saturated carbocycles. The van der Waals surface area contributed by atoms with Crippen molar-refractivity contribution in [1.29, 1.82) is 0 Å². The largest absolute Gasteiger partial charge is 0.440 e. The van der Waals surface area contributed by atoms with E-state index in [1.54, 1.807) is 6.92 Å². The summed E-state index contributed by atoms with van der Waals surface area (Å²) >= 11 is 6.76. The second-order valence-corrected chi connectivity index (χ2v) is 7.89. The van der Waals surface area contributed by atoms with Crippen LogP contribution in [0.4, 0.5) is 4.39 Å². The molecule has 0 bridgehead atoms. The molecule has 1 rings (SSSR count). The van der Waals surface area contributed by atoms with Crippen molar-refractivity contribution in [2.75, 3.05) is 12.4 Å². The maximum atomic E-state index is 13.0. The monoisotopic (exact) mass is 312 g/mol. The molecule has 1 aromatic carbocycles. The number of rotatable bonds is 7. The molecule has 18 heavy (non-hydrogen) atoms. The van der Waals surface area contributed by atoms with Crippen molar-refractivity contribution in [1.82, 2.24) is 0 Å². The van der Waals surface area contributed by atoms with Gasteiger partial charge in [-0.3, -0.25) is 4.52 Å². The first-order valence-electron chi connectivity index (χ1n) is 5.54. The van der Waals surface area contributed by atoms with Crippen LogP contribution in [0.3, 0.4) is 0 Å². The van der Waals surface area contributed by atoms with Gasteiger partial charge in [-0.15, -0.1) is 0 Å². The van der Waals surface area contributed by atoms with Gasteiger partial charge in [-0.1, -0.05) is 18.5 Å². The molecule has 102 valence electrons. The Kier molecular flexibility index (Phi) is 6.50. The summed E-state index contributed by atoms with van der Waals surface area (Å²) in [4.78, 5) is 0. The van der Waals surface area contributed by atoms with Crippen LogP contribution in [0.15, 0.2) is 18.2 Å². The average molecular weight is 313 g/mol. The first kappa shape index (κ1) is 15.8. The van der Waals surface area contributed by atoms with Crippen molar-refractivity contribution >= 4 is 29.8 Å². The summed E-state index contributed by atoms with van der Waals surface area (Å²) in [6, 6.07) is 3.83. The Balaban J connectivity index is 2.82. The number of hydrogen-bond acceptors (Lipinski definition) is 4. The Morgan fingerprint density at radius 3 is 2.72 bits per heavy atom. The van der Waals surface area contributed by atoms with Crippen LogP contribution >= 0.6 is 29.8 Å². The normalized spacial score (nSPS) is 14.2. The topological polar surface area (TPSA) is 35.5 Å². The highest BCUT2D eigenvalue weighted by Gasteiger charge is 2.26. The average Bonchev–Trinajstić information content (AvgIpc) is 2.32. The van der Waals surface area contributed by atoms with Crippen molar-refractivity contribution in [3.8, 4) is 5.75 Å². The zero-order valence-electron chi connectivity index (χ0n) is 10.2. The molecule has 0 heterocycles. The summed E-state index contributed by atoms with van der Waals surface area (Å²) in [5, 5.41) is -0.0731. The maximum Gasteiger partial charge on any atom is 0.440 e. The van der Waals surface area contributed by atoms with Crippen LogP contribution < -0.4 is 4.52 Å². The van der Waals surface area contributed by atoms with Crippen molar-refractivity contribution in [3.63, 3.8) is 0 Å². The van der Waals surface area contributed by atoms with Gasteiger partial charge in [0.15, 0.2) is 0 Å². The highest BCUT2D eigenvalue weighted by molar-refractivity contribution is 8.55. The molecule has 0 amide bonds. The zero-order chi connectivity index (χ0) is 13.6. The van der Waals surface area contributed by atoms with Crippen molar-refractivity contribution in [2.45, 2.75) is 20.3 Å². The minimum atomic E-state index is -3.26. The molecule has 0 fully saturated rings. The molecule has 3 nitrogen and oxygen atoms in total. The van der Waals surface area contributed by atoms with Gasteiger partial charge in [0, 0.05) is 11.8 Å². The lowest BCUT2D eigenvalue weighted by molar-refractivity contribution is 0.296. The third kappa shape index (κ3) is 4.81. The van der Waals surface area contributed by atoms with Crippen LogP contribution in [-0.2, 0) is 9.09 Å². The van der Waals surface area contributed by atoms with Gasteiger partial charge in [0.1, 0.15) is 11.6 Å². The molecular formula is C11H15ClFO3PS. The summed E-state index contributed by atoms with van der Waals surface area (Å²) in [6.45, 7) is 0.730. The summed E-state index contributed by atoms with van der Waals surface area (Å²) in [6.07, 6.45) is 0.856. The van der Waals surface area contributed by atoms with Gasteiger partial charge >= 0.3 is 6.80 Å². The minimum Gasteiger partial charge on any atom is -0.417 e. The highest BCUT2D eigenvalue weighted by atomic mass is 35.5. The first-order valence-corrected chi connectivity index (χ1v) is 9.05. The van der Waals surface area contributed by atoms with Gasteiger partial charge in [-0.2, -0.15) is 0 Å². The predicted molar refractivity (Wildman–Crippen MR) is 74.0 cm³/mol. The lowest BCUT2D eigenvalue weighted by Crippen LogP contribution is -1.96. The van der Waals surface area contributed by atoms with E-state index in [9.17, 15) is 8.96 Å². The highest BCUT2D eigenvalue weighted by Crippen LogP contribution is 2.60. The van der Waals surface area contributed by atoms with E-state index in [0.717, 1.165) is 17.8 Å². The van der Waals surface area contributed by atoms with E-state index < -0.39 is 12.6 Å². The molecule has 1 aromatic rings. The second kappa shape index (κ2) is 7.39. The Hall–Kier alpha value is -0.220. The van der Waals surface area contributed by atoms with Crippen LogP contribution in [-0.4, -0.2) is 12.4 Å². The van der Waals surface area contributed by atoms with E-state index in [1.165, 1.54) is 18.2 Å². The zero-order valence-corrected chi connectivity index (χ0v) is 12.7. The Labute approximate surface area is 115 Å². The van der Waals surface area contributed by atoms with Crippen molar-refractivity contribution < 1.29 is 18.0 Å². The predicted octanol–water partition coefficient (Wildman–Crippen LogP) is 5.15. The molecule has 0 aromatic heterocycles. The third-order valence-corrected chi connectivity index (χ3v) is 6.09. The van der Waals surface area contributed by atoms with E-state index in [-0.39, 0.29) is 17.4 Å². The third-order valence-electron chi connectivity index (χ3n) is 1.85. The van der Waals surface area contributed by atoms with Crippen molar-refractivity contribution in [3.05, 3.63) is 29.0 Å². The molecule has 1 unspecified atom stereocenters. The van der Waals surface area contributed by atoms with Crippen LogP contribution in [0, 0.1) is 5.82 Å². The SMILES string of the molecule is CCCSP(=O)(OCC)Oc1ccc(F)c(Cl)c1. The Morgan fingerprint density at radius 1 is 1.44 bits per heavy atom. The maximum absolute atomic E-state index is 13.0. The molecule has 0 aliphatic heterocycles. The Bertz CT molecular complexity index is 444. The lowest BCUT2D eigenvalue weighted by atomic mass is 10.3. The molecule has 0 aliphatic carbocycles. The summed E-state index contributed by atoms with van der Waals surface area (Å²) in [7, 11) is 0. The number of hydrogen-bond donors (Lipinski definition) is 0. The van der Waals surface area contributed by atoms with Gasteiger partial charge < -0.3 is 4.52 Å². The van der Waals surface area contributed by atoms with Gasteiger partial charge in [0.2, 0.25) is 0 Å². The number of halogens is 2. The molecule has 0 radical (unpaired) electrons. The van der Waals surface area contributed by atoms with Crippen LogP contribution in [0.1, 0.15) is 20.3 Å². The van der Waals surface area contributed by atoms with E-state index in [4.69, 9.17) is 20.6 Å². The van der Waals surface area contributed by atoms with Gasteiger partial charge in [-0.25, -0.2) is 8.96 Å². The Morgan fingerprint density at radius 2 is 2.17 bits per heavy atom. The quantitative estimate of drug-likeness (QED) is 0.653. The first-order chi connectivity index (χ1) is 8.50. The van der Waals surface area contributed by atoms with Crippen molar-refractivity contribution in [2.24, 2.45) is 0 Å².